The summed E-state index contributed by atoms with van der Waals surface area (Å²) < 4.78 is 31.3. The molecule has 8 nitrogen and oxygen atoms in total. The zero-order chi connectivity index (χ0) is 21.5. The topological polar surface area (TPSA) is 101 Å². The number of halogens is 2. The molecule has 1 N–H and O–H groups in total. The minimum Gasteiger partial charge on any atom is -0.476 e. The Kier molecular flexibility index (Phi) is 5.58. The van der Waals surface area contributed by atoms with Crippen LogP contribution in [0.1, 0.15) is 0 Å². The molecule has 0 saturated carbocycles. The van der Waals surface area contributed by atoms with Crippen LogP contribution in [0.4, 0.5) is 10.8 Å². The number of nitrogens with one attached hydrogen (secondary N) is 1. The number of amides is 1. The van der Waals surface area contributed by atoms with Gasteiger partial charge in [-0.3, -0.25) is 14.4 Å². The summed E-state index contributed by atoms with van der Waals surface area (Å²) in [6, 6.07) is 11.6. The Morgan fingerprint density at radius 2 is 1.87 bits per heavy atom. The number of hydrogen-bond acceptors (Lipinski definition) is 7. The fourth-order valence-electron chi connectivity index (χ4n) is 2.84. The molecule has 1 aliphatic rings. The molecular weight excluding hydrogens is 471 g/mol. The second-order valence-corrected chi connectivity index (χ2v) is 10.2. The molecule has 2 heterocycles. The van der Waals surface area contributed by atoms with E-state index in [1.807, 2.05) is 0 Å². The van der Waals surface area contributed by atoms with E-state index in [1.165, 1.54) is 23.5 Å². The van der Waals surface area contributed by atoms with E-state index in [1.54, 1.807) is 30.3 Å². The number of benzene rings is 2. The molecule has 0 spiro atoms. The van der Waals surface area contributed by atoms with Crippen molar-refractivity contribution in [3.63, 3.8) is 0 Å². The number of rotatable bonds is 4. The van der Waals surface area contributed by atoms with Crippen LogP contribution in [0, 0.1) is 0 Å². The van der Waals surface area contributed by atoms with Gasteiger partial charge in [0.25, 0.3) is 5.91 Å². The average Bonchev–Trinajstić information content (AvgIpc) is 3.15. The second kappa shape index (κ2) is 8.03. The lowest BCUT2D eigenvalue weighted by molar-refractivity contribution is -0.122. The number of carbonyl (C=O) groups is 1. The summed E-state index contributed by atoms with van der Waals surface area (Å²) in [4.78, 5) is 12.7. The third kappa shape index (κ3) is 4.36. The van der Waals surface area contributed by atoms with Gasteiger partial charge in [0.15, 0.2) is 6.10 Å². The highest BCUT2D eigenvalue weighted by atomic mass is 35.5. The van der Waals surface area contributed by atoms with Crippen molar-refractivity contribution in [2.75, 3.05) is 22.4 Å². The third-order valence-electron chi connectivity index (χ3n) is 4.23. The van der Waals surface area contributed by atoms with Gasteiger partial charge in [0, 0.05) is 15.6 Å². The van der Waals surface area contributed by atoms with Gasteiger partial charge < -0.3 is 4.74 Å². The molecule has 1 aromatic heterocycles. The molecule has 0 aliphatic carbocycles. The number of aromatic nitrogens is 2. The van der Waals surface area contributed by atoms with Crippen LogP contribution >= 0.6 is 34.5 Å². The summed E-state index contributed by atoms with van der Waals surface area (Å²) in [6.45, 7) is -0.194. The fourth-order valence-corrected chi connectivity index (χ4v) is 4.79. The second-order valence-electron chi connectivity index (χ2n) is 6.42. The predicted octanol–water partition coefficient (Wildman–Crippen LogP) is 3.68. The van der Waals surface area contributed by atoms with Gasteiger partial charge in [-0.25, -0.2) is 8.42 Å². The largest absolute Gasteiger partial charge is 0.476 e. The van der Waals surface area contributed by atoms with Crippen LogP contribution in [0.5, 0.6) is 5.75 Å². The molecule has 0 bridgehead atoms. The van der Waals surface area contributed by atoms with Gasteiger partial charge >= 0.3 is 0 Å². The van der Waals surface area contributed by atoms with Gasteiger partial charge in [-0.2, -0.15) is 0 Å². The van der Waals surface area contributed by atoms with Crippen molar-refractivity contribution in [1.29, 1.82) is 0 Å². The first-order chi connectivity index (χ1) is 14.2. The lowest BCUT2D eigenvalue weighted by atomic mass is 10.2. The zero-order valence-corrected chi connectivity index (χ0v) is 18.5. The Hall–Kier alpha value is -2.40. The summed E-state index contributed by atoms with van der Waals surface area (Å²) in [5.74, 6) is -0.293. The summed E-state index contributed by atoms with van der Waals surface area (Å²) in [5.41, 5.74) is 1.09. The number of nitrogens with zero attached hydrogens (tertiary/aromatic N) is 3. The van der Waals surface area contributed by atoms with Crippen LogP contribution in [0.25, 0.3) is 10.6 Å². The van der Waals surface area contributed by atoms with Gasteiger partial charge in [0.05, 0.1) is 18.5 Å². The van der Waals surface area contributed by atoms with E-state index in [2.05, 4.69) is 15.5 Å². The van der Waals surface area contributed by atoms with Crippen LogP contribution in [-0.2, 0) is 14.8 Å². The first-order valence-electron chi connectivity index (χ1n) is 8.55. The Morgan fingerprint density at radius 1 is 1.17 bits per heavy atom. The van der Waals surface area contributed by atoms with Gasteiger partial charge in [0.1, 0.15) is 10.8 Å². The third-order valence-corrected chi connectivity index (χ3v) is 6.75. The molecule has 1 aliphatic heterocycles. The smallest absolute Gasteiger partial charge is 0.269 e. The number of sulfonamides is 1. The minimum absolute atomic E-state index is 0.194. The number of anilines is 2. The maximum atomic E-state index is 12.7. The molecule has 2 aromatic carbocycles. The molecule has 156 valence electrons. The van der Waals surface area contributed by atoms with Crippen molar-refractivity contribution in [3.05, 3.63) is 52.5 Å². The highest BCUT2D eigenvalue weighted by Gasteiger charge is 2.35. The number of hydrogen-bond donors (Lipinski definition) is 1. The number of ether oxygens (including phenoxy) is 1. The van der Waals surface area contributed by atoms with Crippen LogP contribution in [0.15, 0.2) is 42.5 Å². The van der Waals surface area contributed by atoms with E-state index < -0.39 is 22.0 Å². The van der Waals surface area contributed by atoms with E-state index in [0.29, 0.717) is 15.1 Å². The van der Waals surface area contributed by atoms with Crippen molar-refractivity contribution in [2.45, 2.75) is 6.10 Å². The Balaban J connectivity index is 1.54. The molecule has 30 heavy (non-hydrogen) atoms. The van der Waals surface area contributed by atoms with Crippen LogP contribution in [0.2, 0.25) is 10.0 Å². The maximum absolute atomic E-state index is 12.7. The van der Waals surface area contributed by atoms with Gasteiger partial charge in [0.2, 0.25) is 15.2 Å². The van der Waals surface area contributed by atoms with Crippen LogP contribution in [0.3, 0.4) is 0 Å². The highest BCUT2D eigenvalue weighted by Crippen LogP contribution is 2.37. The standard InChI is InChI=1S/C18H14Cl2N4O4S2/c1-30(26,27)24-9-15(28-14-7-6-12(20)8-13(14)24)16(25)21-18-23-22-17(29-18)10-2-4-11(19)5-3-10/h2-8,15H,9H2,1H3,(H,21,23,25). The minimum atomic E-state index is -3.65. The molecule has 1 atom stereocenters. The van der Waals surface area contributed by atoms with E-state index in [0.717, 1.165) is 16.1 Å². The Labute approximate surface area is 186 Å². The van der Waals surface area contributed by atoms with E-state index >= 15 is 0 Å². The van der Waals surface area contributed by atoms with Crippen molar-refractivity contribution < 1.29 is 17.9 Å². The van der Waals surface area contributed by atoms with Crippen molar-refractivity contribution in [2.24, 2.45) is 0 Å². The van der Waals surface area contributed by atoms with E-state index in [-0.39, 0.29) is 23.1 Å². The molecule has 3 aromatic rings. The summed E-state index contributed by atoms with van der Waals surface area (Å²) in [6.07, 6.45) is -0.0162. The Bertz CT molecular complexity index is 1220. The van der Waals surface area contributed by atoms with Crippen LogP contribution in [-0.4, -0.2) is 43.4 Å². The molecule has 12 heteroatoms. The highest BCUT2D eigenvalue weighted by molar-refractivity contribution is 7.92. The molecule has 1 unspecified atom stereocenters. The monoisotopic (exact) mass is 484 g/mol. The quantitative estimate of drug-likeness (QED) is 0.605. The molecule has 0 saturated heterocycles. The maximum Gasteiger partial charge on any atom is 0.269 e. The van der Waals surface area contributed by atoms with Crippen LogP contribution < -0.4 is 14.4 Å². The van der Waals surface area contributed by atoms with Gasteiger partial charge in [-0.05, 0) is 30.3 Å². The summed E-state index contributed by atoms with van der Waals surface area (Å²) in [5, 5.41) is 12.5. The fraction of sp³-hybridized carbons (Fsp3) is 0.167. The van der Waals surface area contributed by atoms with Gasteiger partial charge in [-0.1, -0.05) is 46.7 Å². The summed E-state index contributed by atoms with van der Waals surface area (Å²) in [7, 11) is -3.65. The molecular formula is C18H14Cl2N4O4S2. The predicted molar refractivity (Wildman–Crippen MR) is 117 cm³/mol. The Morgan fingerprint density at radius 3 is 2.57 bits per heavy atom. The lowest BCUT2D eigenvalue weighted by Crippen LogP contribution is -2.48. The average molecular weight is 485 g/mol. The zero-order valence-electron chi connectivity index (χ0n) is 15.4. The first-order valence-corrected chi connectivity index (χ1v) is 12.0. The normalized spacial score (nSPS) is 16.0. The molecule has 1 amide bonds. The number of carbonyl (C=O) groups excluding carboxylic acids is 1. The van der Waals surface area contributed by atoms with Crippen molar-refractivity contribution in [3.8, 4) is 16.3 Å². The molecule has 0 radical (unpaired) electrons. The summed E-state index contributed by atoms with van der Waals surface area (Å²) >= 11 is 13.0. The van der Waals surface area contributed by atoms with Crippen molar-refractivity contribution in [1.82, 2.24) is 10.2 Å². The number of fused-ring (bicyclic) bond motifs is 1. The van der Waals surface area contributed by atoms with Gasteiger partial charge in [-0.15, -0.1) is 10.2 Å². The lowest BCUT2D eigenvalue weighted by Gasteiger charge is -2.33. The SMILES string of the molecule is CS(=O)(=O)N1CC(C(=O)Nc2nnc(-c3ccc(Cl)cc3)s2)Oc2ccc(Cl)cc21. The van der Waals surface area contributed by atoms with Crippen molar-refractivity contribution >= 4 is 61.3 Å². The first kappa shape index (κ1) is 20.9. The molecule has 0 fully saturated rings. The molecule has 4 rings (SSSR count). The van der Waals surface area contributed by atoms with E-state index in [9.17, 15) is 13.2 Å². The van der Waals surface area contributed by atoms with E-state index in [4.69, 9.17) is 27.9 Å².